The Morgan fingerprint density at radius 1 is 1.13 bits per heavy atom. The number of anilines is 1. The van der Waals surface area contributed by atoms with Crippen LogP contribution < -0.4 is 5.32 Å². The Labute approximate surface area is 177 Å². The molecule has 1 saturated heterocycles. The molecule has 1 amide bonds. The molecule has 2 heterocycles. The standard InChI is InChI=1S/C20H19FN4O3S2/c21-15-7-4-8-16(12-15)22-18(26)20-24-23-19(29-20)14-6-5-11-25(13-14)30(27,28)17-9-2-1-3-10-17/h1-4,7-10,12,14H,5-6,11,13H2,(H,22,26). The molecule has 1 fully saturated rings. The van der Waals surface area contributed by atoms with Gasteiger partial charge in [0.25, 0.3) is 5.91 Å². The Morgan fingerprint density at radius 3 is 2.70 bits per heavy atom. The van der Waals surface area contributed by atoms with Crippen molar-refractivity contribution in [3.8, 4) is 0 Å². The highest BCUT2D eigenvalue weighted by Crippen LogP contribution is 2.32. The van der Waals surface area contributed by atoms with E-state index >= 15 is 0 Å². The minimum atomic E-state index is -3.58. The second-order valence-electron chi connectivity index (χ2n) is 6.93. The topological polar surface area (TPSA) is 92.3 Å². The molecule has 0 bridgehead atoms. The van der Waals surface area contributed by atoms with E-state index in [1.807, 2.05) is 0 Å². The van der Waals surface area contributed by atoms with Gasteiger partial charge in [-0.15, -0.1) is 10.2 Å². The van der Waals surface area contributed by atoms with Crippen molar-refractivity contribution >= 4 is 33.0 Å². The van der Waals surface area contributed by atoms with Gasteiger partial charge in [0.2, 0.25) is 15.0 Å². The van der Waals surface area contributed by atoms with Crippen LogP contribution >= 0.6 is 11.3 Å². The van der Waals surface area contributed by atoms with Gasteiger partial charge in [0, 0.05) is 24.7 Å². The molecule has 1 aromatic heterocycles. The van der Waals surface area contributed by atoms with Crippen molar-refractivity contribution in [2.24, 2.45) is 0 Å². The first kappa shape index (κ1) is 20.6. The minimum absolute atomic E-state index is 0.134. The van der Waals surface area contributed by atoms with Crippen molar-refractivity contribution in [1.82, 2.24) is 14.5 Å². The highest BCUT2D eigenvalue weighted by Gasteiger charge is 2.32. The van der Waals surface area contributed by atoms with Gasteiger partial charge in [0.15, 0.2) is 0 Å². The first-order chi connectivity index (χ1) is 14.4. The largest absolute Gasteiger partial charge is 0.320 e. The van der Waals surface area contributed by atoms with Crippen LogP contribution in [0.15, 0.2) is 59.5 Å². The number of benzene rings is 2. The molecule has 0 aliphatic carbocycles. The van der Waals surface area contributed by atoms with Crippen LogP contribution in [0.1, 0.15) is 33.6 Å². The summed E-state index contributed by atoms with van der Waals surface area (Å²) in [5.74, 6) is -1.06. The Bertz CT molecular complexity index is 1150. The van der Waals surface area contributed by atoms with Gasteiger partial charge in [-0.2, -0.15) is 4.31 Å². The molecule has 1 atom stereocenters. The van der Waals surface area contributed by atoms with Gasteiger partial charge >= 0.3 is 0 Å². The monoisotopic (exact) mass is 446 g/mol. The van der Waals surface area contributed by atoms with Gasteiger partial charge in [0.05, 0.1) is 4.90 Å². The van der Waals surface area contributed by atoms with E-state index in [0.29, 0.717) is 23.7 Å². The molecule has 7 nitrogen and oxygen atoms in total. The molecule has 30 heavy (non-hydrogen) atoms. The van der Waals surface area contributed by atoms with Crippen LogP contribution in [0, 0.1) is 5.82 Å². The molecule has 0 saturated carbocycles. The van der Waals surface area contributed by atoms with E-state index in [2.05, 4.69) is 15.5 Å². The number of amides is 1. The number of carbonyl (C=O) groups excluding carboxylic acids is 1. The molecule has 1 unspecified atom stereocenters. The number of nitrogens with one attached hydrogen (secondary N) is 1. The molecule has 156 valence electrons. The second kappa shape index (κ2) is 8.58. The lowest BCUT2D eigenvalue weighted by Crippen LogP contribution is -2.39. The summed E-state index contributed by atoms with van der Waals surface area (Å²) in [7, 11) is -3.58. The summed E-state index contributed by atoms with van der Waals surface area (Å²) >= 11 is 1.13. The maximum absolute atomic E-state index is 13.3. The van der Waals surface area contributed by atoms with Gasteiger partial charge in [-0.1, -0.05) is 35.6 Å². The molecule has 0 radical (unpaired) electrons. The summed E-state index contributed by atoms with van der Waals surface area (Å²) in [6, 6.07) is 13.9. The van der Waals surface area contributed by atoms with E-state index in [4.69, 9.17) is 0 Å². The third kappa shape index (κ3) is 4.40. The van der Waals surface area contributed by atoms with Crippen molar-refractivity contribution in [2.45, 2.75) is 23.7 Å². The first-order valence-electron chi connectivity index (χ1n) is 9.39. The predicted octanol–water partition coefficient (Wildman–Crippen LogP) is 3.50. The smallest absolute Gasteiger partial charge is 0.286 e. The number of halogens is 1. The van der Waals surface area contributed by atoms with E-state index in [9.17, 15) is 17.6 Å². The number of hydrogen-bond acceptors (Lipinski definition) is 6. The third-order valence-corrected chi connectivity index (χ3v) is 7.80. The van der Waals surface area contributed by atoms with Crippen LogP contribution in [0.2, 0.25) is 0 Å². The van der Waals surface area contributed by atoms with Crippen molar-refractivity contribution in [1.29, 1.82) is 0 Å². The molecular formula is C20H19FN4O3S2. The molecule has 4 rings (SSSR count). The van der Waals surface area contributed by atoms with E-state index in [-0.39, 0.29) is 22.4 Å². The predicted molar refractivity (Wildman–Crippen MR) is 111 cm³/mol. The molecule has 3 aromatic rings. The SMILES string of the molecule is O=C(Nc1cccc(F)c1)c1nnc(C2CCCN(S(=O)(=O)c3ccccc3)C2)s1. The number of hydrogen-bond donors (Lipinski definition) is 1. The fourth-order valence-corrected chi connectivity index (χ4v) is 5.75. The first-order valence-corrected chi connectivity index (χ1v) is 11.6. The van der Waals surface area contributed by atoms with Crippen LogP contribution in [0.25, 0.3) is 0 Å². The number of carbonyl (C=O) groups is 1. The van der Waals surface area contributed by atoms with Crippen LogP contribution in [-0.2, 0) is 10.0 Å². The Balaban J connectivity index is 1.47. The quantitative estimate of drug-likeness (QED) is 0.648. The number of rotatable bonds is 5. The van der Waals surface area contributed by atoms with Crippen LogP contribution in [0.4, 0.5) is 10.1 Å². The van der Waals surface area contributed by atoms with Gasteiger partial charge < -0.3 is 5.32 Å². The van der Waals surface area contributed by atoms with Crippen molar-refractivity contribution < 1.29 is 17.6 Å². The fraction of sp³-hybridized carbons (Fsp3) is 0.250. The van der Waals surface area contributed by atoms with Gasteiger partial charge in [-0.05, 0) is 43.2 Å². The molecule has 1 N–H and O–H groups in total. The maximum Gasteiger partial charge on any atom is 0.286 e. The van der Waals surface area contributed by atoms with E-state index in [0.717, 1.165) is 17.8 Å². The third-order valence-electron chi connectivity index (χ3n) is 4.83. The number of nitrogens with zero attached hydrogens (tertiary/aromatic N) is 3. The minimum Gasteiger partial charge on any atom is -0.320 e. The summed E-state index contributed by atoms with van der Waals surface area (Å²) in [5.41, 5.74) is 0.328. The summed E-state index contributed by atoms with van der Waals surface area (Å²) in [4.78, 5) is 12.7. The highest BCUT2D eigenvalue weighted by atomic mass is 32.2. The molecule has 10 heteroatoms. The maximum atomic E-state index is 13.3. The lowest BCUT2D eigenvalue weighted by atomic mass is 10.0. The van der Waals surface area contributed by atoms with Gasteiger partial charge in [-0.25, -0.2) is 12.8 Å². The summed E-state index contributed by atoms with van der Waals surface area (Å²) in [5, 5.41) is 11.4. The van der Waals surface area contributed by atoms with Crippen molar-refractivity contribution in [3.63, 3.8) is 0 Å². The van der Waals surface area contributed by atoms with Crippen LogP contribution in [0.5, 0.6) is 0 Å². The molecular weight excluding hydrogens is 427 g/mol. The van der Waals surface area contributed by atoms with Gasteiger partial charge in [-0.3, -0.25) is 4.79 Å². The van der Waals surface area contributed by atoms with Crippen molar-refractivity contribution in [2.75, 3.05) is 18.4 Å². The zero-order valence-electron chi connectivity index (χ0n) is 15.9. The van der Waals surface area contributed by atoms with Crippen LogP contribution in [0.3, 0.4) is 0 Å². The molecule has 1 aliphatic rings. The lowest BCUT2D eigenvalue weighted by molar-refractivity contribution is 0.102. The van der Waals surface area contributed by atoms with E-state index in [1.165, 1.54) is 22.5 Å². The molecule has 2 aromatic carbocycles. The van der Waals surface area contributed by atoms with Crippen LogP contribution in [-0.4, -0.2) is 41.9 Å². The average molecular weight is 447 g/mol. The number of sulfonamides is 1. The summed E-state index contributed by atoms with van der Waals surface area (Å²) in [6.07, 6.45) is 1.46. The Kier molecular flexibility index (Phi) is 5.89. The fourth-order valence-electron chi connectivity index (χ4n) is 3.35. The Hall–Kier alpha value is -2.69. The number of aromatic nitrogens is 2. The summed E-state index contributed by atoms with van der Waals surface area (Å²) in [6.45, 7) is 0.733. The van der Waals surface area contributed by atoms with E-state index in [1.54, 1.807) is 36.4 Å². The van der Waals surface area contributed by atoms with Gasteiger partial charge in [0.1, 0.15) is 10.8 Å². The number of piperidine rings is 1. The van der Waals surface area contributed by atoms with E-state index < -0.39 is 21.7 Å². The average Bonchev–Trinajstić information content (AvgIpc) is 3.25. The molecule has 0 spiro atoms. The molecule has 1 aliphatic heterocycles. The van der Waals surface area contributed by atoms with Crippen molar-refractivity contribution in [3.05, 3.63) is 70.4 Å². The summed E-state index contributed by atoms with van der Waals surface area (Å²) < 4.78 is 40.6. The highest BCUT2D eigenvalue weighted by molar-refractivity contribution is 7.89. The lowest BCUT2D eigenvalue weighted by Gasteiger charge is -2.30. The Morgan fingerprint density at radius 2 is 1.93 bits per heavy atom. The second-order valence-corrected chi connectivity index (χ2v) is 9.87. The normalized spacial score (nSPS) is 17.6. The zero-order chi connectivity index (χ0) is 21.1. The zero-order valence-corrected chi connectivity index (χ0v) is 17.5.